The minimum absolute atomic E-state index is 0.0334. The second kappa shape index (κ2) is 15.5. The molecule has 0 saturated carbocycles. The molecule has 10 heteroatoms. The van der Waals surface area contributed by atoms with E-state index in [1.165, 1.54) is 12.1 Å². The molecule has 0 amide bonds. The molecule has 10 nitrogen and oxygen atoms in total. The molecular weight excluding hydrogens is 664 g/mol. The van der Waals surface area contributed by atoms with Gasteiger partial charge in [0.2, 0.25) is 5.75 Å². The molecule has 6 aromatic carbocycles. The molecule has 0 aliphatic carbocycles. The second-order valence-corrected chi connectivity index (χ2v) is 12.5. The highest BCUT2D eigenvalue weighted by atomic mass is 16.5. The largest absolute Gasteiger partial charge is 0.508 e. The number of hydrogen-bond donors (Lipinski definition) is 8. The molecular formula is C42H38O10. The molecule has 266 valence electrons. The Kier molecular flexibility index (Phi) is 10.5. The summed E-state index contributed by atoms with van der Waals surface area (Å²) in [6, 6.07) is 28.7. The van der Waals surface area contributed by atoms with Gasteiger partial charge in [0.25, 0.3) is 0 Å². The van der Waals surface area contributed by atoms with E-state index in [1.807, 2.05) is 6.07 Å². The first-order chi connectivity index (χ1) is 25.0. The Morgan fingerprint density at radius 3 is 1.23 bits per heavy atom. The maximum Gasteiger partial charge on any atom is 0.202 e. The molecule has 0 unspecified atom stereocenters. The average molecular weight is 703 g/mol. The lowest BCUT2D eigenvalue weighted by Gasteiger charge is -2.17. The number of aryl methyl sites for hydroxylation is 6. The van der Waals surface area contributed by atoms with Crippen LogP contribution in [0.1, 0.15) is 33.4 Å². The summed E-state index contributed by atoms with van der Waals surface area (Å²) in [7, 11) is 0. The van der Waals surface area contributed by atoms with Gasteiger partial charge in [-0.25, -0.2) is 0 Å². The van der Waals surface area contributed by atoms with Crippen molar-refractivity contribution in [2.45, 2.75) is 38.5 Å². The van der Waals surface area contributed by atoms with Crippen molar-refractivity contribution in [3.8, 4) is 69.0 Å². The quantitative estimate of drug-likeness (QED) is 0.0584. The lowest BCUT2D eigenvalue weighted by molar-refractivity contribution is 0.355. The van der Waals surface area contributed by atoms with E-state index in [0.717, 1.165) is 28.8 Å². The fourth-order valence-corrected chi connectivity index (χ4v) is 5.82. The van der Waals surface area contributed by atoms with Crippen LogP contribution in [-0.4, -0.2) is 40.9 Å². The summed E-state index contributed by atoms with van der Waals surface area (Å²) in [5.74, 6) is -1.23. The highest BCUT2D eigenvalue weighted by Gasteiger charge is 2.20. The molecule has 0 aromatic heterocycles. The summed E-state index contributed by atoms with van der Waals surface area (Å²) in [4.78, 5) is 0. The number of benzene rings is 6. The van der Waals surface area contributed by atoms with Crippen molar-refractivity contribution in [1.82, 2.24) is 0 Å². The Labute approximate surface area is 299 Å². The van der Waals surface area contributed by atoms with Crippen molar-refractivity contribution in [3.63, 3.8) is 0 Å². The maximum absolute atomic E-state index is 11.5. The van der Waals surface area contributed by atoms with Crippen LogP contribution < -0.4 is 9.47 Å². The Balaban J connectivity index is 1.30. The van der Waals surface area contributed by atoms with Gasteiger partial charge in [-0.1, -0.05) is 36.4 Å². The van der Waals surface area contributed by atoms with Crippen LogP contribution >= 0.6 is 0 Å². The fourth-order valence-electron chi connectivity index (χ4n) is 5.82. The van der Waals surface area contributed by atoms with Crippen molar-refractivity contribution in [2.75, 3.05) is 0 Å². The third-order valence-electron chi connectivity index (χ3n) is 8.71. The van der Waals surface area contributed by atoms with Gasteiger partial charge in [-0.05, 0) is 133 Å². The van der Waals surface area contributed by atoms with Crippen LogP contribution in [0.4, 0.5) is 0 Å². The summed E-state index contributed by atoms with van der Waals surface area (Å²) < 4.78 is 12.2. The minimum atomic E-state index is -0.433. The van der Waals surface area contributed by atoms with E-state index < -0.39 is 5.75 Å². The van der Waals surface area contributed by atoms with E-state index in [9.17, 15) is 40.9 Å². The Morgan fingerprint density at radius 2 is 0.769 bits per heavy atom. The molecule has 6 rings (SSSR count). The van der Waals surface area contributed by atoms with E-state index >= 15 is 0 Å². The standard InChI is InChI=1S/C42H38O10/c43-31-14-8-25(9-15-31)6-12-29-21-38(36(48)23-34(29)46)51-40-19-28(5-4-27-2-1-3-33(45)18-27)20-41(42(40)50)52-39-22-30(35(47)24-37(39)49)13-7-26-10-16-32(44)17-11-26/h1-3,8-11,14-24,43-50H,4-7,12-13H2. The zero-order valence-electron chi connectivity index (χ0n) is 28.0. The molecule has 6 aromatic rings. The predicted octanol–water partition coefficient (Wildman–Crippen LogP) is 8.27. The van der Waals surface area contributed by atoms with E-state index in [-0.39, 0.29) is 63.2 Å². The van der Waals surface area contributed by atoms with Crippen LogP contribution in [0, 0.1) is 0 Å². The normalized spacial score (nSPS) is 11.0. The minimum Gasteiger partial charge on any atom is -0.508 e. The number of phenols is 8. The van der Waals surface area contributed by atoms with E-state index in [1.54, 1.807) is 78.9 Å². The first kappa shape index (κ1) is 35.2. The van der Waals surface area contributed by atoms with Gasteiger partial charge in [-0.3, -0.25) is 0 Å². The Morgan fingerprint density at radius 1 is 0.327 bits per heavy atom. The van der Waals surface area contributed by atoms with E-state index in [2.05, 4.69) is 0 Å². The first-order valence-corrected chi connectivity index (χ1v) is 16.7. The Hall–Kier alpha value is -6.68. The van der Waals surface area contributed by atoms with Crippen molar-refractivity contribution >= 4 is 0 Å². The van der Waals surface area contributed by atoms with Gasteiger partial charge in [-0.2, -0.15) is 0 Å². The molecule has 0 spiro atoms. The molecule has 0 aliphatic heterocycles. The smallest absolute Gasteiger partial charge is 0.202 e. The van der Waals surface area contributed by atoms with Crippen LogP contribution in [0.3, 0.4) is 0 Å². The van der Waals surface area contributed by atoms with Crippen LogP contribution in [0.2, 0.25) is 0 Å². The summed E-state index contributed by atoms with van der Waals surface area (Å²) in [5.41, 5.74) is 4.32. The third kappa shape index (κ3) is 8.72. The van der Waals surface area contributed by atoms with Crippen molar-refractivity contribution < 1.29 is 50.3 Å². The van der Waals surface area contributed by atoms with Crippen LogP contribution in [0.25, 0.3) is 0 Å². The zero-order valence-corrected chi connectivity index (χ0v) is 28.0. The zero-order chi connectivity index (χ0) is 36.8. The number of rotatable bonds is 13. The highest BCUT2D eigenvalue weighted by Crippen LogP contribution is 2.46. The third-order valence-corrected chi connectivity index (χ3v) is 8.71. The number of phenolic OH excluding ortho intramolecular Hbond substituents is 8. The maximum atomic E-state index is 11.5. The van der Waals surface area contributed by atoms with Crippen molar-refractivity contribution in [2.24, 2.45) is 0 Å². The van der Waals surface area contributed by atoms with Gasteiger partial charge >= 0.3 is 0 Å². The lowest BCUT2D eigenvalue weighted by Crippen LogP contribution is -1.98. The van der Waals surface area contributed by atoms with Gasteiger partial charge in [0, 0.05) is 12.1 Å². The van der Waals surface area contributed by atoms with Gasteiger partial charge in [0.1, 0.15) is 28.7 Å². The first-order valence-electron chi connectivity index (χ1n) is 16.7. The summed E-state index contributed by atoms with van der Waals surface area (Å²) in [6.07, 6.45) is 2.75. The Bertz CT molecular complexity index is 2050. The molecule has 0 radical (unpaired) electrons. The van der Waals surface area contributed by atoms with E-state index in [0.29, 0.717) is 55.2 Å². The summed E-state index contributed by atoms with van der Waals surface area (Å²) >= 11 is 0. The number of ether oxygens (including phenoxy) is 2. The average Bonchev–Trinajstić information content (AvgIpc) is 3.11. The predicted molar refractivity (Wildman–Crippen MR) is 194 cm³/mol. The monoisotopic (exact) mass is 702 g/mol. The summed E-state index contributed by atoms with van der Waals surface area (Å²) in [5, 5.41) is 83.3. The van der Waals surface area contributed by atoms with Crippen molar-refractivity contribution in [1.29, 1.82) is 0 Å². The van der Waals surface area contributed by atoms with Crippen LogP contribution in [0.5, 0.6) is 69.0 Å². The summed E-state index contributed by atoms with van der Waals surface area (Å²) in [6.45, 7) is 0. The van der Waals surface area contributed by atoms with Crippen molar-refractivity contribution in [3.05, 3.63) is 143 Å². The second-order valence-electron chi connectivity index (χ2n) is 12.5. The van der Waals surface area contributed by atoms with E-state index in [4.69, 9.17) is 9.47 Å². The van der Waals surface area contributed by atoms with Crippen LogP contribution in [-0.2, 0) is 38.5 Å². The van der Waals surface area contributed by atoms with Gasteiger partial charge < -0.3 is 50.3 Å². The SMILES string of the molecule is Oc1ccc(CCc2cc(Oc3cc(CCc4cccc(O)c4)cc(Oc4cc(CCc5ccc(O)cc5)c(O)cc4O)c3O)c(O)cc2O)cc1. The lowest BCUT2D eigenvalue weighted by atomic mass is 10.0. The molecule has 52 heavy (non-hydrogen) atoms. The molecule has 0 heterocycles. The molecule has 8 N–H and O–H groups in total. The molecule has 0 atom stereocenters. The topological polar surface area (TPSA) is 180 Å². The molecule has 0 fully saturated rings. The molecule has 0 bridgehead atoms. The number of aromatic hydroxyl groups is 8. The van der Waals surface area contributed by atoms with Gasteiger partial charge in [0.05, 0.1) is 0 Å². The highest BCUT2D eigenvalue weighted by molar-refractivity contribution is 5.59. The fraction of sp³-hybridized carbons (Fsp3) is 0.143. The molecule has 0 aliphatic rings. The van der Waals surface area contributed by atoms with Gasteiger partial charge in [-0.15, -0.1) is 0 Å². The molecule has 0 saturated heterocycles. The van der Waals surface area contributed by atoms with Gasteiger partial charge in [0.15, 0.2) is 34.5 Å². The number of hydrogen-bond acceptors (Lipinski definition) is 10. The van der Waals surface area contributed by atoms with Crippen LogP contribution in [0.15, 0.2) is 109 Å².